The number of rotatable bonds is 2. The van der Waals surface area contributed by atoms with Gasteiger partial charge in [0.05, 0.1) is 0 Å². The van der Waals surface area contributed by atoms with Gasteiger partial charge in [-0.1, -0.05) is 13.0 Å². The fourth-order valence-electron chi connectivity index (χ4n) is 0.881. The van der Waals surface area contributed by atoms with Gasteiger partial charge < -0.3 is 0 Å². The molecular formula is C9H12ClN. The predicted molar refractivity (Wildman–Crippen MR) is 48.0 cm³/mol. The van der Waals surface area contributed by atoms with Crippen LogP contribution in [0.3, 0.4) is 0 Å². The Kier molecular flexibility index (Phi) is 2.89. The third-order valence-corrected chi connectivity index (χ3v) is 2.22. The molecule has 0 saturated carbocycles. The maximum absolute atomic E-state index is 5.92. The summed E-state index contributed by atoms with van der Waals surface area (Å²) < 4.78 is 0. The number of pyridine rings is 1. The molecule has 1 rings (SSSR count). The van der Waals surface area contributed by atoms with Gasteiger partial charge in [0, 0.05) is 23.2 Å². The van der Waals surface area contributed by atoms with Crippen LogP contribution in [0, 0.1) is 0 Å². The van der Waals surface area contributed by atoms with Gasteiger partial charge in [0.1, 0.15) is 0 Å². The van der Waals surface area contributed by atoms with E-state index in [-0.39, 0.29) is 5.38 Å². The molecule has 0 aliphatic carbocycles. The average molecular weight is 170 g/mol. The summed E-state index contributed by atoms with van der Waals surface area (Å²) in [6.07, 6.45) is 1.80. The van der Waals surface area contributed by atoms with Gasteiger partial charge in [-0.25, -0.2) is 0 Å². The highest BCUT2D eigenvalue weighted by Gasteiger charge is 2.11. The molecule has 1 nitrogen and oxygen atoms in total. The summed E-state index contributed by atoms with van der Waals surface area (Å²) in [5.74, 6) is 0.331. The number of nitrogens with zero attached hydrogens (tertiary/aromatic N) is 1. The Morgan fingerprint density at radius 1 is 1.36 bits per heavy atom. The zero-order chi connectivity index (χ0) is 8.27. The summed E-state index contributed by atoms with van der Waals surface area (Å²) in [4.78, 5) is 4.22. The van der Waals surface area contributed by atoms with Gasteiger partial charge in [-0.15, -0.1) is 11.6 Å². The van der Waals surface area contributed by atoms with Crippen molar-refractivity contribution in [1.29, 1.82) is 0 Å². The van der Waals surface area contributed by atoms with Crippen LogP contribution in [0.25, 0.3) is 0 Å². The molecule has 0 amide bonds. The van der Waals surface area contributed by atoms with Crippen molar-refractivity contribution in [3.63, 3.8) is 0 Å². The fraction of sp³-hybridized carbons (Fsp3) is 0.444. The van der Waals surface area contributed by atoms with Crippen LogP contribution in [0.4, 0.5) is 0 Å². The van der Waals surface area contributed by atoms with Gasteiger partial charge in [0.25, 0.3) is 0 Å². The Balaban J connectivity index is 2.77. The number of halogens is 1. The summed E-state index contributed by atoms with van der Waals surface area (Å²) in [6, 6.07) is 5.90. The minimum Gasteiger partial charge on any atom is -0.261 e. The van der Waals surface area contributed by atoms with E-state index in [9.17, 15) is 0 Å². The SMILES string of the molecule is CC(Cl)C(C)c1ccccn1. The molecule has 0 bridgehead atoms. The second-order valence-electron chi connectivity index (χ2n) is 2.72. The highest BCUT2D eigenvalue weighted by molar-refractivity contribution is 6.20. The summed E-state index contributed by atoms with van der Waals surface area (Å²) in [6.45, 7) is 4.07. The van der Waals surface area contributed by atoms with Gasteiger partial charge >= 0.3 is 0 Å². The smallest absolute Gasteiger partial charge is 0.0446 e. The van der Waals surface area contributed by atoms with Crippen LogP contribution < -0.4 is 0 Å². The molecule has 0 saturated heterocycles. The maximum atomic E-state index is 5.92. The summed E-state index contributed by atoms with van der Waals surface area (Å²) in [7, 11) is 0. The third kappa shape index (κ3) is 2.19. The number of hydrogen-bond acceptors (Lipinski definition) is 1. The Morgan fingerprint density at radius 2 is 2.09 bits per heavy atom. The quantitative estimate of drug-likeness (QED) is 0.621. The topological polar surface area (TPSA) is 12.9 Å². The van der Waals surface area contributed by atoms with Gasteiger partial charge in [-0.3, -0.25) is 4.98 Å². The van der Waals surface area contributed by atoms with E-state index in [4.69, 9.17) is 11.6 Å². The third-order valence-electron chi connectivity index (χ3n) is 1.84. The Hall–Kier alpha value is -0.560. The van der Waals surface area contributed by atoms with Gasteiger partial charge in [-0.2, -0.15) is 0 Å². The monoisotopic (exact) mass is 169 g/mol. The molecule has 1 aromatic heterocycles. The second kappa shape index (κ2) is 3.72. The van der Waals surface area contributed by atoms with Crippen LogP contribution in [-0.4, -0.2) is 10.4 Å². The van der Waals surface area contributed by atoms with E-state index in [2.05, 4.69) is 11.9 Å². The molecule has 0 fully saturated rings. The highest BCUT2D eigenvalue weighted by atomic mass is 35.5. The van der Waals surface area contributed by atoms with Gasteiger partial charge in [0.2, 0.25) is 0 Å². The van der Waals surface area contributed by atoms with E-state index in [1.54, 1.807) is 6.20 Å². The van der Waals surface area contributed by atoms with Crippen LogP contribution in [0.1, 0.15) is 25.5 Å². The first-order valence-electron chi connectivity index (χ1n) is 3.77. The normalized spacial score (nSPS) is 15.9. The molecular weight excluding hydrogens is 158 g/mol. The van der Waals surface area contributed by atoms with Crippen molar-refractivity contribution in [3.8, 4) is 0 Å². The van der Waals surface area contributed by atoms with Crippen molar-refractivity contribution >= 4 is 11.6 Å². The molecule has 2 unspecified atom stereocenters. The highest BCUT2D eigenvalue weighted by Crippen LogP contribution is 2.19. The lowest BCUT2D eigenvalue weighted by Crippen LogP contribution is -2.06. The zero-order valence-corrected chi connectivity index (χ0v) is 7.55. The second-order valence-corrected chi connectivity index (χ2v) is 3.41. The summed E-state index contributed by atoms with van der Waals surface area (Å²) >= 11 is 5.92. The molecule has 0 N–H and O–H groups in total. The van der Waals surface area contributed by atoms with Gasteiger partial charge in [0.15, 0.2) is 0 Å². The van der Waals surface area contributed by atoms with Crippen molar-refractivity contribution in [1.82, 2.24) is 4.98 Å². The molecule has 0 aliphatic rings. The number of alkyl halides is 1. The Morgan fingerprint density at radius 3 is 2.55 bits per heavy atom. The Labute approximate surface area is 72.4 Å². The van der Waals surface area contributed by atoms with Crippen molar-refractivity contribution in [2.75, 3.05) is 0 Å². The van der Waals surface area contributed by atoms with Crippen LogP contribution in [0.15, 0.2) is 24.4 Å². The van der Waals surface area contributed by atoms with E-state index < -0.39 is 0 Å². The number of hydrogen-bond donors (Lipinski definition) is 0. The standard InChI is InChI=1S/C9H12ClN/c1-7(8(2)10)9-5-3-4-6-11-9/h3-8H,1-2H3. The lowest BCUT2D eigenvalue weighted by molar-refractivity contribution is 0.716. The summed E-state index contributed by atoms with van der Waals surface area (Å²) in [5.41, 5.74) is 1.06. The van der Waals surface area contributed by atoms with Crippen molar-refractivity contribution in [2.24, 2.45) is 0 Å². The molecule has 1 heterocycles. The van der Waals surface area contributed by atoms with E-state index in [1.807, 2.05) is 25.1 Å². The molecule has 60 valence electrons. The lowest BCUT2D eigenvalue weighted by Gasteiger charge is -2.11. The molecule has 0 aliphatic heterocycles. The molecule has 2 heteroatoms. The molecule has 0 radical (unpaired) electrons. The van der Waals surface area contributed by atoms with Crippen LogP contribution in [0.5, 0.6) is 0 Å². The molecule has 2 atom stereocenters. The first-order valence-corrected chi connectivity index (χ1v) is 4.20. The number of aromatic nitrogens is 1. The minimum atomic E-state index is 0.143. The zero-order valence-electron chi connectivity index (χ0n) is 6.79. The van der Waals surface area contributed by atoms with Crippen molar-refractivity contribution < 1.29 is 0 Å². The van der Waals surface area contributed by atoms with Crippen LogP contribution in [0.2, 0.25) is 0 Å². The first-order chi connectivity index (χ1) is 5.22. The maximum Gasteiger partial charge on any atom is 0.0446 e. The summed E-state index contributed by atoms with van der Waals surface area (Å²) in [5, 5.41) is 0.143. The van der Waals surface area contributed by atoms with Crippen molar-refractivity contribution in [2.45, 2.75) is 25.1 Å². The minimum absolute atomic E-state index is 0.143. The van der Waals surface area contributed by atoms with E-state index in [0.29, 0.717) is 5.92 Å². The largest absolute Gasteiger partial charge is 0.261 e. The van der Waals surface area contributed by atoms with E-state index in [1.165, 1.54) is 0 Å². The average Bonchev–Trinajstić information content (AvgIpc) is 2.05. The first kappa shape index (κ1) is 8.54. The van der Waals surface area contributed by atoms with Crippen LogP contribution in [-0.2, 0) is 0 Å². The molecule has 11 heavy (non-hydrogen) atoms. The van der Waals surface area contributed by atoms with E-state index >= 15 is 0 Å². The lowest BCUT2D eigenvalue weighted by atomic mass is 10.0. The molecule has 1 aromatic rings. The Bertz CT molecular complexity index is 208. The molecule has 0 aromatic carbocycles. The van der Waals surface area contributed by atoms with Gasteiger partial charge in [-0.05, 0) is 19.1 Å². The molecule has 0 spiro atoms. The predicted octanol–water partition coefficient (Wildman–Crippen LogP) is 2.81. The van der Waals surface area contributed by atoms with E-state index in [0.717, 1.165) is 5.69 Å². The van der Waals surface area contributed by atoms with Crippen LogP contribution >= 0.6 is 11.6 Å². The van der Waals surface area contributed by atoms with Crippen molar-refractivity contribution in [3.05, 3.63) is 30.1 Å². The fourth-order valence-corrected chi connectivity index (χ4v) is 1.01.